The summed E-state index contributed by atoms with van der Waals surface area (Å²) in [7, 11) is 0. The predicted octanol–water partition coefficient (Wildman–Crippen LogP) is 6.70. The molecular weight excluding hydrogens is 393 g/mol. The third-order valence-corrected chi connectivity index (χ3v) is 4.70. The largest absolute Gasteiger partial charge is 0.417 e. The molecule has 0 saturated carbocycles. The van der Waals surface area contributed by atoms with Crippen LogP contribution in [0.2, 0.25) is 5.02 Å². The Morgan fingerprint density at radius 1 is 1.04 bits per heavy atom. The van der Waals surface area contributed by atoms with E-state index in [1.54, 1.807) is 0 Å². The number of hydrogen-bond acceptors (Lipinski definition) is 1. The average molecular weight is 415 g/mol. The molecule has 7 heteroatoms. The summed E-state index contributed by atoms with van der Waals surface area (Å²) in [4.78, 5) is 0. The van der Waals surface area contributed by atoms with Crippen LogP contribution in [0.1, 0.15) is 50.4 Å². The Bertz CT molecular complexity index is 811. The summed E-state index contributed by atoms with van der Waals surface area (Å²) in [5, 5.41) is 5.75. The molecule has 2 rings (SSSR count). The number of benzene rings is 2. The Hall–Kier alpha value is -1.79. The fraction of sp³-hybridized carbons (Fsp3) is 0.350. The van der Waals surface area contributed by atoms with Gasteiger partial charge in [-0.05, 0) is 53.9 Å². The van der Waals surface area contributed by atoms with Gasteiger partial charge >= 0.3 is 6.18 Å². The molecule has 2 nitrogen and oxygen atoms in total. The molecule has 0 aliphatic carbocycles. The van der Waals surface area contributed by atoms with Crippen LogP contribution in [0.15, 0.2) is 42.5 Å². The van der Waals surface area contributed by atoms with Crippen molar-refractivity contribution in [2.24, 2.45) is 0 Å². The summed E-state index contributed by atoms with van der Waals surface area (Å²) in [6.45, 7) is 8.36. The minimum absolute atomic E-state index is 0.0663. The predicted molar refractivity (Wildman–Crippen MR) is 109 cm³/mol. The van der Waals surface area contributed by atoms with Crippen LogP contribution in [0.25, 0.3) is 0 Å². The Balaban J connectivity index is 2.05. The maximum atomic E-state index is 13.0. The molecule has 0 bridgehead atoms. The SMILES string of the molecule is C[C@@H](NC(=S)Nc1ccc(Cl)c(C(F)(F)F)c1)c1ccc(C(C)(C)C)cc1. The highest BCUT2D eigenvalue weighted by molar-refractivity contribution is 7.80. The smallest absolute Gasteiger partial charge is 0.356 e. The van der Waals surface area contributed by atoms with Crippen LogP contribution in [0.4, 0.5) is 18.9 Å². The van der Waals surface area contributed by atoms with Crippen LogP contribution in [0.5, 0.6) is 0 Å². The summed E-state index contributed by atoms with van der Waals surface area (Å²) in [5.41, 5.74) is 1.64. The highest BCUT2D eigenvalue weighted by Gasteiger charge is 2.33. The Labute approximate surface area is 168 Å². The molecule has 0 saturated heterocycles. The number of alkyl halides is 3. The summed E-state index contributed by atoms with van der Waals surface area (Å²) >= 11 is 10.9. The van der Waals surface area contributed by atoms with Gasteiger partial charge in [0.15, 0.2) is 5.11 Å². The monoisotopic (exact) mass is 414 g/mol. The molecule has 0 amide bonds. The average Bonchev–Trinajstić information content (AvgIpc) is 2.54. The second-order valence-electron chi connectivity index (χ2n) is 7.38. The zero-order valence-electron chi connectivity index (χ0n) is 15.5. The van der Waals surface area contributed by atoms with Crippen LogP contribution in [0.3, 0.4) is 0 Å². The first-order valence-corrected chi connectivity index (χ1v) is 9.21. The van der Waals surface area contributed by atoms with Crippen molar-refractivity contribution in [1.29, 1.82) is 0 Å². The topological polar surface area (TPSA) is 24.1 Å². The highest BCUT2D eigenvalue weighted by atomic mass is 35.5. The second-order valence-corrected chi connectivity index (χ2v) is 8.20. The normalized spacial score (nSPS) is 13.2. The second kappa shape index (κ2) is 8.07. The number of hydrogen-bond donors (Lipinski definition) is 2. The van der Waals surface area contributed by atoms with Gasteiger partial charge in [-0.1, -0.05) is 56.6 Å². The Morgan fingerprint density at radius 2 is 1.63 bits per heavy atom. The van der Waals surface area contributed by atoms with Gasteiger partial charge in [0.2, 0.25) is 0 Å². The van der Waals surface area contributed by atoms with Gasteiger partial charge in [0.25, 0.3) is 0 Å². The number of rotatable bonds is 3. The van der Waals surface area contributed by atoms with E-state index >= 15 is 0 Å². The van der Waals surface area contributed by atoms with Crippen LogP contribution in [-0.4, -0.2) is 5.11 Å². The fourth-order valence-corrected chi connectivity index (χ4v) is 3.06. The van der Waals surface area contributed by atoms with Gasteiger partial charge in [-0.3, -0.25) is 0 Å². The van der Waals surface area contributed by atoms with Gasteiger partial charge in [-0.2, -0.15) is 13.2 Å². The molecule has 2 aromatic rings. The molecule has 0 radical (unpaired) electrons. The summed E-state index contributed by atoms with van der Waals surface area (Å²) in [6, 6.07) is 11.7. The van der Waals surface area contributed by atoms with Crippen molar-refractivity contribution in [3.8, 4) is 0 Å². The Morgan fingerprint density at radius 3 is 2.15 bits per heavy atom. The van der Waals surface area contributed by atoms with Crippen LogP contribution >= 0.6 is 23.8 Å². The van der Waals surface area contributed by atoms with E-state index in [2.05, 4.69) is 43.5 Å². The standard InChI is InChI=1S/C20H22ClF3N2S/c1-12(13-5-7-14(8-6-13)19(2,3)4)25-18(27)26-15-9-10-17(21)16(11-15)20(22,23)24/h5-12H,1-4H3,(H2,25,26,27)/t12-/m1/s1. The van der Waals surface area contributed by atoms with Gasteiger partial charge in [-0.15, -0.1) is 0 Å². The molecule has 0 aromatic heterocycles. The molecule has 0 spiro atoms. The molecule has 0 heterocycles. The summed E-state index contributed by atoms with van der Waals surface area (Å²) < 4.78 is 38.9. The summed E-state index contributed by atoms with van der Waals surface area (Å²) in [6.07, 6.45) is -4.52. The van der Waals surface area contributed by atoms with E-state index in [0.29, 0.717) is 0 Å². The third kappa shape index (κ3) is 5.84. The zero-order chi connectivity index (χ0) is 20.4. The van der Waals surface area contributed by atoms with Gasteiger partial charge < -0.3 is 10.6 Å². The minimum atomic E-state index is -4.52. The van der Waals surface area contributed by atoms with Gasteiger partial charge in [0.1, 0.15) is 0 Å². The van der Waals surface area contributed by atoms with E-state index in [1.807, 2.05) is 19.1 Å². The van der Waals surface area contributed by atoms with Gasteiger partial charge in [0, 0.05) is 5.69 Å². The van der Waals surface area contributed by atoms with Crippen LogP contribution in [-0.2, 0) is 11.6 Å². The number of nitrogens with one attached hydrogen (secondary N) is 2. The fourth-order valence-electron chi connectivity index (χ4n) is 2.54. The molecule has 0 aliphatic heterocycles. The molecular formula is C20H22ClF3N2S. The molecule has 1 atom stereocenters. The lowest BCUT2D eigenvalue weighted by Crippen LogP contribution is -2.31. The maximum absolute atomic E-state index is 13.0. The number of thiocarbonyl (C=S) groups is 1. The van der Waals surface area contributed by atoms with Crippen molar-refractivity contribution >= 4 is 34.6 Å². The molecule has 0 fully saturated rings. The van der Waals surface area contributed by atoms with E-state index in [1.165, 1.54) is 17.7 Å². The summed E-state index contributed by atoms with van der Waals surface area (Å²) in [5.74, 6) is 0. The first-order valence-electron chi connectivity index (χ1n) is 8.42. The lowest BCUT2D eigenvalue weighted by atomic mass is 9.86. The molecule has 146 valence electrons. The van der Waals surface area contributed by atoms with Crippen molar-refractivity contribution in [3.05, 3.63) is 64.2 Å². The van der Waals surface area contributed by atoms with Crippen LogP contribution in [0, 0.1) is 0 Å². The van der Waals surface area contributed by atoms with Crippen molar-refractivity contribution in [2.45, 2.75) is 45.3 Å². The molecule has 0 aliphatic rings. The first kappa shape index (κ1) is 21.5. The van der Waals surface area contributed by atoms with E-state index < -0.39 is 11.7 Å². The van der Waals surface area contributed by atoms with Crippen molar-refractivity contribution in [3.63, 3.8) is 0 Å². The van der Waals surface area contributed by atoms with Crippen molar-refractivity contribution in [1.82, 2.24) is 5.32 Å². The van der Waals surface area contributed by atoms with E-state index in [9.17, 15) is 13.2 Å². The number of anilines is 1. The quantitative estimate of drug-likeness (QED) is 0.546. The first-order chi connectivity index (χ1) is 12.4. The zero-order valence-corrected chi connectivity index (χ0v) is 17.1. The molecule has 2 N–H and O–H groups in total. The van der Waals surface area contributed by atoms with Crippen LogP contribution < -0.4 is 10.6 Å². The maximum Gasteiger partial charge on any atom is 0.417 e. The minimum Gasteiger partial charge on any atom is -0.356 e. The Kier molecular flexibility index (Phi) is 6.43. The van der Waals surface area contributed by atoms with E-state index in [4.69, 9.17) is 23.8 Å². The third-order valence-electron chi connectivity index (χ3n) is 4.15. The molecule has 0 unspecified atom stereocenters. The van der Waals surface area contributed by atoms with E-state index in [-0.39, 0.29) is 27.3 Å². The van der Waals surface area contributed by atoms with Crippen molar-refractivity contribution in [2.75, 3.05) is 5.32 Å². The lowest BCUT2D eigenvalue weighted by molar-refractivity contribution is -0.137. The molecule has 27 heavy (non-hydrogen) atoms. The lowest BCUT2D eigenvalue weighted by Gasteiger charge is -2.21. The van der Waals surface area contributed by atoms with Crippen molar-refractivity contribution < 1.29 is 13.2 Å². The van der Waals surface area contributed by atoms with Gasteiger partial charge in [0.05, 0.1) is 16.6 Å². The number of halogens is 4. The molecule has 2 aromatic carbocycles. The van der Waals surface area contributed by atoms with E-state index in [0.717, 1.165) is 11.6 Å². The highest BCUT2D eigenvalue weighted by Crippen LogP contribution is 2.36. The van der Waals surface area contributed by atoms with Gasteiger partial charge in [-0.25, -0.2) is 0 Å².